The topological polar surface area (TPSA) is 70.4 Å². The van der Waals surface area contributed by atoms with Gasteiger partial charge in [0.05, 0.1) is 17.4 Å². The van der Waals surface area contributed by atoms with E-state index in [2.05, 4.69) is 50.8 Å². The number of nitrogens with one attached hydrogen (secondary N) is 1. The molecule has 6 nitrogen and oxygen atoms in total. The second-order valence-corrected chi connectivity index (χ2v) is 7.90. The first kappa shape index (κ1) is 20.3. The van der Waals surface area contributed by atoms with Crippen molar-refractivity contribution in [3.8, 4) is 0 Å². The van der Waals surface area contributed by atoms with Crippen molar-refractivity contribution in [2.75, 3.05) is 19.6 Å². The van der Waals surface area contributed by atoms with Gasteiger partial charge in [-0.25, -0.2) is 10.5 Å². The van der Waals surface area contributed by atoms with E-state index in [4.69, 9.17) is 5.21 Å². The van der Waals surface area contributed by atoms with E-state index in [1.165, 1.54) is 37.4 Å². The highest BCUT2D eigenvalue weighted by molar-refractivity contribution is 5.91. The Balaban J connectivity index is 1.39. The molecule has 156 valence electrons. The normalized spacial score (nSPS) is 17.6. The number of piperidine rings is 1. The molecule has 0 spiro atoms. The van der Waals surface area contributed by atoms with Gasteiger partial charge in [0.25, 0.3) is 5.91 Å². The van der Waals surface area contributed by atoms with E-state index in [1.54, 1.807) is 11.6 Å². The number of hydroxylamine groups is 1. The lowest BCUT2D eigenvalue weighted by molar-refractivity contribution is -0.124. The van der Waals surface area contributed by atoms with Crippen molar-refractivity contribution in [1.82, 2.24) is 19.9 Å². The first-order valence-electron chi connectivity index (χ1n) is 10.6. The van der Waals surface area contributed by atoms with E-state index in [1.807, 2.05) is 18.5 Å². The summed E-state index contributed by atoms with van der Waals surface area (Å²) in [5, 5.41) is 8.60. The van der Waals surface area contributed by atoms with Crippen molar-refractivity contribution < 1.29 is 10.0 Å². The van der Waals surface area contributed by atoms with Crippen LogP contribution in [0.25, 0.3) is 17.1 Å². The number of rotatable bonds is 7. The molecule has 1 aliphatic heterocycles. The van der Waals surface area contributed by atoms with Gasteiger partial charge >= 0.3 is 0 Å². The van der Waals surface area contributed by atoms with Gasteiger partial charge < -0.3 is 9.47 Å². The fraction of sp³-hybridized carbons (Fsp3) is 0.333. The van der Waals surface area contributed by atoms with E-state index in [0.717, 1.165) is 36.1 Å². The molecule has 1 aromatic heterocycles. The molecule has 0 aliphatic carbocycles. The highest BCUT2D eigenvalue weighted by atomic mass is 16.5. The van der Waals surface area contributed by atoms with E-state index >= 15 is 0 Å². The highest BCUT2D eigenvalue weighted by Crippen LogP contribution is 2.26. The Hall–Kier alpha value is -2.96. The summed E-state index contributed by atoms with van der Waals surface area (Å²) in [7, 11) is 0. The fourth-order valence-electron chi connectivity index (χ4n) is 4.27. The molecule has 4 rings (SSSR count). The summed E-state index contributed by atoms with van der Waals surface area (Å²) < 4.78 is 2.30. The van der Waals surface area contributed by atoms with Crippen molar-refractivity contribution in [3.63, 3.8) is 0 Å². The SMILES string of the molecule is O=C(/C=C/c1ccc2c(c1)ncn2C1CCCN(CCCc2ccccc2)C1)NO. The van der Waals surface area contributed by atoms with E-state index < -0.39 is 5.91 Å². The monoisotopic (exact) mass is 404 g/mol. The molecular formula is C24H28N4O2. The summed E-state index contributed by atoms with van der Waals surface area (Å²) in [6.07, 6.45) is 9.58. The maximum atomic E-state index is 11.2. The van der Waals surface area contributed by atoms with Crippen molar-refractivity contribution in [2.24, 2.45) is 0 Å². The molecule has 2 N–H and O–H groups in total. The van der Waals surface area contributed by atoms with Crippen LogP contribution in [0.3, 0.4) is 0 Å². The number of aromatic nitrogens is 2. The second kappa shape index (κ2) is 9.69. The number of hydrogen-bond donors (Lipinski definition) is 2. The third-order valence-electron chi connectivity index (χ3n) is 5.79. The minimum atomic E-state index is -0.546. The van der Waals surface area contributed by atoms with Crippen LogP contribution in [0.2, 0.25) is 0 Å². The Labute approximate surface area is 176 Å². The Morgan fingerprint density at radius 2 is 2.10 bits per heavy atom. The summed E-state index contributed by atoms with van der Waals surface area (Å²) in [4.78, 5) is 18.3. The maximum Gasteiger partial charge on any atom is 0.267 e. The van der Waals surface area contributed by atoms with Crippen LogP contribution in [0.5, 0.6) is 0 Å². The van der Waals surface area contributed by atoms with Crippen LogP contribution in [-0.4, -0.2) is 45.2 Å². The number of aryl methyl sites for hydroxylation is 1. The van der Waals surface area contributed by atoms with Gasteiger partial charge in [0.15, 0.2) is 0 Å². The fourth-order valence-corrected chi connectivity index (χ4v) is 4.27. The minimum Gasteiger partial charge on any atom is -0.326 e. The quantitative estimate of drug-likeness (QED) is 0.357. The van der Waals surface area contributed by atoms with Crippen LogP contribution in [-0.2, 0) is 11.2 Å². The lowest BCUT2D eigenvalue weighted by Gasteiger charge is -2.33. The van der Waals surface area contributed by atoms with Gasteiger partial charge in [0, 0.05) is 18.7 Å². The Morgan fingerprint density at radius 3 is 2.93 bits per heavy atom. The molecule has 0 radical (unpaired) electrons. The van der Waals surface area contributed by atoms with Crippen molar-refractivity contribution in [2.45, 2.75) is 31.7 Å². The molecule has 6 heteroatoms. The largest absolute Gasteiger partial charge is 0.326 e. The lowest BCUT2D eigenvalue weighted by Crippen LogP contribution is -2.37. The average Bonchev–Trinajstić information content (AvgIpc) is 3.22. The van der Waals surface area contributed by atoms with E-state index in [-0.39, 0.29) is 0 Å². The zero-order chi connectivity index (χ0) is 20.8. The highest BCUT2D eigenvalue weighted by Gasteiger charge is 2.22. The molecule has 2 heterocycles. The smallest absolute Gasteiger partial charge is 0.267 e. The van der Waals surface area contributed by atoms with Crippen LogP contribution in [0, 0.1) is 0 Å². The van der Waals surface area contributed by atoms with E-state index in [9.17, 15) is 4.79 Å². The summed E-state index contributed by atoms with van der Waals surface area (Å²) in [5.74, 6) is -0.546. The van der Waals surface area contributed by atoms with Gasteiger partial charge in [-0.1, -0.05) is 36.4 Å². The number of amides is 1. The zero-order valence-corrected chi connectivity index (χ0v) is 17.1. The summed E-state index contributed by atoms with van der Waals surface area (Å²) in [5.41, 5.74) is 5.92. The van der Waals surface area contributed by atoms with Crippen LogP contribution >= 0.6 is 0 Å². The molecule has 1 unspecified atom stereocenters. The summed E-state index contributed by atoms with van der Waals surface area (Å²) in [6, 6.07) is 17.1. The van der Waals surface area contributed by atoms with Crippen LogP contribution in [0.15, 0.2) is 60.9 Å². The second-order valence-electron chi connectivity index (χ2n) is 7.90. The third kappa shape index (κ3) is 4.96. The third-order valence-corrected chi connectivity index (χ3v) is 5.79. The molecule has 1 atom stereocenters. The molecule has 30 heavy (non-hydrogen) atoms. The maximum absolute atomic E-state index is 11.2. The number of benzene rings is 2. The predicted molar refractivity (Wildman–Crippen MR) is 118 cm³/mol. The Morgan fingerprint density at radius 1 is 1.23 bits per heavy atom. The molecule has 3 aromatic rings. The Bertz CT molecular complexity index is 1010. The molecule has 2 aromatic carbocycles. The molecular weight excluding hydrogens is 376 g/mol. The van der Waals surface area contributed by atoms with Gasteiger partial charge in [-0.3, -0.25) is 10.0 Å². The number of imidazole rings is 1. The van der Waals surface area contributed by atoms with Crippen molar-refractivity contribution in [1.29, 1.82) is 0 Å². The first-order valence-corrected chi connectivity index (χ1v) is 10.6. The molecule has 0 bridgehead atoms. The van der Waals surface area contributed by atoms with Crippen LogP contribution in [0.4, 0.5) is 0 Å². The van der Waals surface area contributed by atoms with Crippen LogP contribution in [0.1, 0.15) is 36.4 Å². The van der Waals surface area contributed by atoms with Gasteiger partial charge in [-0.2, -0.15) is 0 Å². The number of carbonyl (C=O) groups excluding carboxylic acids is 1. The number of nitrogens with zero attached hydrogens (tertiary/aromatic N) is 3. The summed E-state index contributed by atoms with van der Waals surface area (Å²) >= 11 is 0. The molecule has 1 aliphatic rings. The molecule has 1 amide bonds. The van der Waals surface area contributed by atoms with Gasteiger partial charge in [-0.15, -0.1) is 0 Å². The van der Waals surface area contributed by atoms with Gasteiger partial charge in [0.1, 0.15) is 0 Å². The first-order chi connectivity index (χ1) is 14.7. The Kier molecular flexibility index (Phi) is 6.57. The number of hydrogen-bond acceptors (Lipinski definition) is 4. The zero-order valence-electron chi connectivity index (χ0n) is 17.1. The molecule has 1 fully saturated rings. The average molecular weight is 405 g/mol. The molecule has 0 saturated carbocycles. The number of fused-ring (bicyclic) bond motifs is 1. The standard InChI is InChI=1S/C24H28N4O2/c29-24(26-30)13-11-20-10-12-23-22(16-20)25-18-28(23)21-9-5-15-27(17-21)14-4-8-19-6-2-1-3-7-19/h1-3,6-7,10-13,16,18,21,30H,4-5,8-9,14-15,17H2,(H,26,29)/b13-11+. The van der Waals surface area contributed by atoms with Crippen LogP contribution < -0.4 is 5.48 Å². The lowest BCUT2D eigenvalue weighted by atomic mass is 10.0. The van der Waals surface area contributed by atoms with E-state index in [0.29, 0.717) is 6.04 Å². The van der Waals surface area contributed by atoms with Gasteiger partial charge in [-0.05, 0) is 68.1 Å². The summed E-state index contributed by atoms with van der Waals surface area (Å²) in [6.45, 7) is 3.35. The van der Waals surface area contributed by atoms with Crippen molar-refractivity contribution in [3.05, 3.63) is 72.1 Å². The number of likely N-dealkylation sites (tertiary alicyclic amines) is 1. The number of carbonyl (C=O) groups is 1. The minimum absolute atomic E-state index is 0.432. The predicted octanol–water partition coefficient (Wildman–Crippen LogP) is 3.82. The molecule has 1 saturated heterocycles. The van der Waals surface area contributed by atoms with Crippen molar-refractivity contribution >= 4 is 23.0 Å². The van der Waals surface area contributed by atoms with Gasteiger partial charge in [0.2, 0.25) is 0 Å².